The van der Waals surface area contributed by atoms with E-state index >= 15 is 0 Å². The van der Waals surface area contributed by atoms with Gasteiger partial charge in [0.05, 0.1) is 0 Å². The Morgan fingerprint density at radius 2 is 2.00 bits per heavy atom. The van der Waals surface area contributed by atoms with E-state index in [1.165, 1.54) is 11.1 Å². The summed E-state index contributed by atoms with van der Waals surface area (Å²) in [6, 6.07) is 8.36. The Morgan fingerprint density at radius 1 is 1.31 bits per heavy atom. The van der Waals surface area contributed by atoms with Crippen molar-refractivity contribution < 1.29 is 4.79 Å². The first-order valence-corrected chi connectivity index (χ1v) is 4.78. The molecular weight excluding hydrogens is 160 g/mol. The van der Waals surface area contributed by atoms with Crippen LogP contribution >= 0.6 is 0 Å². The number of hydrogen-bond acceptors (Lipinski definition) is 1. The van der Waals surface area contributed by atoms with E-state index in [9.17, 15) is 4.79 Å². The van der Waals surface area contributed by atoms with Gasteiger partial charge in [0.25, 0.3) is 0 Å². The molecule has 0 heterocycles. The highest BCUT2D eigenvalue weighted by Crippen LogP contribution is 2.40. The number of hydrogen-bond donors (Lipinski definition) is 0. The number of benzene rings is 1. The molecule has 1 aromatic rings. The zero-order chi connectivity index (χ0) is 9.42. The largest absolute Gasteiger partial charge is 0.299 e. The average molecular weight is 174 g/mol. The molecule has 1 aromatic carbocycles. The highest BCUT2D eigenvalue weighted by Gasteiger charge is 2.37. The maximum absolute atomic E-state index is 11.1. The molecule has 2 atom stereocenters. The van der Waals surface area contributed by atoms with Crippen LogP contribution in [-0.4, -0.2) is 5.78 Å². The zero-order valence-corrected chi connectivity index (χ0v) is 8.08. The monoisotopic (exact) mass is 174 g/mol. The molecule has 0 radical (unpaired) electrons. The van der Waals surface area contributed by atoms with Crippen LogP contribution < -0.4 is 0 Å². The van der Waals surface area contributed by atoms with Crippen molar-refractivity contribution in [3.8, 4) is 0 Å². The summed E-state index contributed by atoms with van der Waals surface area (Å²) in [7, 11) is 0. The van der Waals surface area contributed by atoms with Gasteiger partial charge in [-0.2, -0.15) is 0 Å². The van der Waals surface area contributed by atoms with E-state index in [0.717, 1.165) is 6.42 Å². The smallest absolute Gasteiger partial charge is 0.136 e. The molecule has 2 unspecified atom stereocenters. The van der Waals surface area contributed by atoms with Crippen molar-refractivity contribution in [2.45, 2.75) is 26.2 Å². The first kappa shape index (κ1) is 8.49. The molecule has 1 saturated carbocycles. The summed E-state index contributed by atoms with van der Waals surface area (Å²) in [6.07, 6.45) is 0.742. The van der Waals surface area contributed by atoms with E-state index in [0.29, 0.717) is 11.7 Å². The van der Waals surface area contributed by atoms with Crippen molar-refractivity contribution >= 4 is 5.78 Å². The van der Waals surface area contributed by atoms with E-state index < -0.39 is 0 Å². The van der Waals surface area contributed by atoms with Gasteiger partial charge in [0.15, 0.2) is 0 Å². The Morgan fingerprint density at radius 3 is 2.54 bits per heavy atom. The van der Waals surface area contributed by atoms with Gasteiger partial charge in [-0.3, -0.25) is 4.79 Å². The minimum atomic E-state index is 0.237. The molecule has 13 heavy (non-hydrogen) atoms. The second-order valence-electron chi connectivity index (χ2n) is 3.92. The molecule has 2 rings (SSSR count). The van der Waals surface area contributed by atoms with Crippen LogP contribution in [0.5, 0.6) is 0 Å². The normalized spacial score (nSPS) is 27.1. The number of carbonyl (C=O) groups is 1. The van der Waals surface area contributed by atoms with Gasteiger partial charge in [-0.15, -0.1) is 0 Å². The van der Waals surface area contributed by atoms with Crippen LogP contribution in [0.1, 0.15) is 30.4 Å². The highest BCUT2D eigenvalue weighted by molar-refractivity contribution is 5.89. The second-order valence-corrected chi connectivity index (χ2v) is 3.92. The molecule has 1 heteroatoms. The molecule has 68 valence electrons. The molecule has 1 aliphatic rings. The number of ketones is 1. The molecule has 0 N–H and O–H groups in total. The van der Waals surface area contributed by atoms with Crippen molar-refractivity contribution in [2.75, 3.05) is 0 Å². The van der Waals surface area contributed by atoms with E-state index in [-0.39, 0.29) is 5.92 Å². The number of aryl methyl sites for hydroxylation is 1. The van der Waals surface area contributed by atoms with Crippen molar-refractivity contribution in [3.05, 3.63) is 35.4 Å². The van der Waals surface area contributed by atoms with Crippen molar-refractivity contribution in [1.82, 2.24) is 0 Å². The summed E-state index contributed by atoms with van der Waals surface area (Å²) < 4.78 is 0. The van der Waals surface area contributed by atoms with Crippen molar-refractivity contribution in [3.63, 3.8) is 0 Å². The van der Waals surface area contributed by atoms with Crippen LogP contribution in [0.4, 0.5) is 0 Å². The minimum Gasteiger partial charge on any atom is -0.299 e. The third kappa shape index (κ3) is 1.28. The quantitative estimate of drug-likeness (QED) is 0.639. The Labute approximate surface area is 78.8 Å². The number of rotatable bonds is 1. The molecule has 0 spiro atoms. The molecular formula is C12H14O. The number of Topliss-reactive ketones (excluding diaryl/α,β-unsaturated/α-hetero) is 1. The lowest BCUT2D eigenvalue weighted by molar-refractivity contribution is -0.130. The third-order valence-electron chi connectivity index (χ3n) is 3.12. The lowest BCUT2D eigenvalue weighted by Gasteiger charge is -2.33. The first-order chi connectivity index (χ1) is 6.20. The molecule has 0 bridgehead atoms. The predicted molar refractivity (Wildman–Crippen MR) is 52.7 cm³/mol. The lowest BCUT2D eigenvalue weighted by Crippen LogP contribution is -2.33. The number of carbonyl (C=O) groups excluding carboxylic acids is 1. The lowest BCUT2D eigenvalue weighted by atomic mass is 9.69. The first-order valence-electron chi connectivity index (χ1n) is 4.78. The van der Waals surface area contributed by atoms with Crippen molar-refractivity contribution in [1.29, 1.82) is 0 Å². The van der Waals surface area contributed by atoms with Crippen LogP contribution in [0.15, 0.2) is 24.3 Å². The average Bonchev–Trinajstić information content (AvgIpc) is 2.15. The van der Waals surface area contributed by atoms with Gasteiger partial charge < -0.3 is 0 Å². The van der Waals surface area contributed by atoms with Crippen molar-refractivity contribution in [2.24, 2.45) is 5.92 Å². The molecule has 0 amide bonds. The van der Waals surface area contributed by atoms with Gasteiger partial charge in [0.2, 0.25) is 0 Å². The van der Waals surface area contributed by atoms with Gasteiger partial charge in [-0.25, -0.2) is 0 Å². The van der Waals surface area contributed by atoms with Gasteiger partial charge in [0, 0.05) is 18.3 Å². The van der Waals surface area contributed by atoms with E-state index in [1.807, 2.05) is 13.0 Å². The summed E-state index contributed by atoms with van der Waals surface area (Å²) >= 11 is 0. The molecule has 1 nitrogen and oxygen atoms in total. The van der Waals surface area contributed by atoms with Crippen LogP contribution in [-0.2, 0) is 4.79 Å². The third-order valence-corrected chi connectivity index (χ3v) is 3.12. The van der Waals surface area contributed by atoms with Gasteiger partial charge in [-0.1, -0.05) is 31.2 Å². The Bertz CT molecular complexity index is 341. The van der Waals surface area contributed by atoms with Gasteiger partial charge in [0.1, 0.15) is 5.78 Å². The topological polar surface area (TPSA) is 17.1 Å². The second kappa shape index (κ2) is 2.99. The highest BCUT2D eigenvalue weighted by atomic mass is 16.1. The molecule has 1 fully saturated rings. The van der Waals surface area contributed by atoms with E-state index in [4.69, 9.17) is 0 Å². The summed E-state index contributed by atoms with van der Waals surface area (Å²) in [5.41, 5.74) is 2.67. The van der Waals surface area contributed by atoms with Crippen LogP contribution in [0.25, 0.3) is 0 Å². The van der Waals surface area contributed by atoms with Crippen LogP contribution in [0.2, 0.25) is 0 Å². The molecule has 1 aliphatic carbocycles. The van der Waals surface area contributed by atoms with Gasteiger partial charge >= 0.3 is 0 Å². The standard InChI is InChI=1S/C12H14O/c1-8-5-3-4-6-10(8)11-7-12(13)9(11)2/h3-6,9,11H,7H2,1-2H3. The fourth-order valence-electron chi connectivity index (χ4n) is 2.03. The van der Waals surface area contributed by atoms with Gasteiger partial charge in [-0.05, 0) is 18.1 Å². The predicted octanol–water partition coefficient (Wildman–Crippen LogP) is 2.69. The maximum atomic E-state index is 11.1. The Balaban J connectivity index is 2.27. The Kier molecular flexibility index (Phi) is 1.95. The fourth-order valence-corrected chi connectivity index (χ4v) is 2.03. The molecule has 0 aliphatic heterocycles. The Hall–Kier alpha value is -1.11. The summed E-state index contributed by atoms with van der Waals surface area (Å²) in [4.78, 5) is 11.1. The SMILES string of the molecule is Cc1ccccc1C1CC(=O)C1C. The fraction of sp³-hybridized carbons (Fsp3) is 0.417. The summed E-state index contributed by atoms with van der Waals surface area (Å²) in [5, 5.41) is 0. The molecule has 0 saturated heterocycles. The van der Waals surface area contributed by atoms with E-state index in [1.54, 1.807) is 0 Å². The molecule has 0 aromatic heterocycles. The zero-order valence-electron chi connectivity index (χ0n) is 8.08. The minimum absolute atomic E-state index is 0.237. The maximum Gasteiger partial charge on any atom is 0.136 e. The summed E-state index contributed by atoms with van der Waals surface area (Å²) in [5.74, 6) is 1.13. The summed E-state index contributed by atoms with van der Waals surface area (Å²) in [6.45, 7) is 4.15. The van der Waals surface area contributed by atoms with E-state index in [2.05, 4.69) is 25.1 Å². The van der Waals surface area contributed by atoms with Crippen LogP contribution in [0.3, 0.4) is 0 Å². The van der Waals surface area contributed by atoms with Crippen LogP contribution in [0, 0.1) is 12.8 Å².